The highest BCUT2D eigenvalue weighted by molar-refractivity contribution is 5.79. The van der Waals surface area contributed by atoms with Crippen LogP contribution in [0.15, 0.2) is 36.5 Å². The molecule has 0 aliphatic heterocycles. The maximum atomic E-state index is 10.4. The molecule has 0 bridgehead atoms. The highest BCUT2D eigenvalue weighted by Gasteiger charge is 1.96. The first kappa shape index (κ1) is 37.2. The van der Waals surface area contributed by atoms with Gasteiger partial charge in [0.05, 0.1) is 6.42 Å². The van der Waals surface area contributed by atoms with Crippen molar-refractivity contribution in [1.29, 1.82) is 0 Å². The lowest BCUT2D eigenvalue weighted by Gasteiger charge is -2.04. The molecule has 2 N–H and O–H groups in total. The first-order valence-corrected chi connectivity index (χ1v) is 16.5. The van der Waals surface area contributed by atoms with E-state index in [2.05, 4.69) is 12.2 Å². The summed E-state index contributed by atoms with van der Waals surface area (Å²) in [5.41, 5.74) is 0. The van der Waals surface area contributed by atoms with Crippen molar-refractivity contribution in [2.24, 2.45) is 0 Å². The summed E-state index contributed by atoms with van der Waals surface area (Å²) in [6, 6.07) is 0. The zero-order valence-corrected chi connectivity index (χ0v) is 25.3. The molecule has 0 amide bonds. The second-order valence-electron chi connectivity index (χ2n) is 11.2. The maximum Gasteiger partial charge on any atom is 0.327 e. The van der Waals surface area contributed by atoms with Gasteiger partial charge in [0, 0.05) is 6.08 Å². The predicted molar refractivity (Wildman–Crippen MR) is 167 cm³/mol. The minimum Gasteiger partial charge on any atom is -0.481 e. The van der Waals surface area contributed by atoms with E-state index in [1.807, 2.05) is 6.08 Å². The van der Waals surface area contributed by atoms with Gasteiger partial charge in [0.1, 0.15) is 0 Å². The molecule has 0 aromatic carbocycles. The third kappa shape index (κ3) is 36.2. The van der Waals surface area contributed by atoms with Gasteiger partial charge in [-0.15, -0.1) is 0 Å². The Morgan fingerprint density at radius 3 is 0.923 bits per heavy atom. The van der Waals surface area contributed by atoms with Gasteiger partial charge in [0.25, 0.3) is 0 Å². The molecule has 39 heavy (non-hydrogen) atoms. The third-order valence-corrected chi connectivity index (χ3v) is 7.37. The van der Waals surface area contributed by atoms with Gasteiger partial charge in [-0.25, -0.2) is 4.79 Å². The van der Waals surface area contributed by atoms with E-state index in [0.717, 1.165) is 25.7 Å². The van der Waals surface area contributed by atoms with E-state index in [1.54, 1.807) is 12.2 Å². The minimum atomic E-state index is -0.838. The summed E-state index contributed by atoms with van der Waals surface area (Å²) in [5.74, 6) is -1.59. The molecule has 0 atom stereocenters. The van der Waals surface area contributed by atoms with Crippen LogP contribution in [0.3, 0.4) is 0 Å². The molecule has 0 rings (SSSR count). The van der Waals surface area contributed by atoms with Crippen molar-refractivity contribution in [1.82, 2.24) is 0 Å². The highest BCUT2D eigenvalue weighted by Crippen LogP contribution is 2.15. The zero-order valence-electron chi connectivity index (χ0n) is 25.3. The summed E-state index contributed by atoms with van der Waals surface area (Å²) in [7, 11) is 0. The van der Waals surface area contributed by atoms with Crippen LogP contribution in [0.1, 0.15) is 173 Å². The van der Waals surface area contributed by atoms with Crippen molar-refractivity contribution in [3.05, 3.63) is 36.5 Å². The summed E-state index contributed by atoms with van der Waals surface area (Å²) >= 11 is 0. The summed E-state index contributed by atoms with van der Waals surface area (Å²) in [5, 5.41) is 17.1. The number of carbonyl (C=O) groups is 2. The molecular formula is C35H62O4. The SMILES string of the molecule is O=C(O)C=CCCCCCCCCCCCCCCCCCCCCCC=CCCCCCC=CCC(=O)O. The number of carboxylic acids is 2. The average Bonchev–Trinajstić information content (AvgIpc) is 2.91. The van der Waals surface area contributed by atoms with Crippen molar-refractivity contribution in [2.45, 2.75) is 173 Å². The Labute approximate surface area is 241 Å². The molecule has 0 heterocycles. The molecule has 0 aromatic rings. The van der Waals surface area contributed by atoms with Gasteiger partial charge in [-0.05, 0) is 51.4 Å². The van der Waals surface area contributed by atoms with Crippen LogP contribution in [-0.2, 0) is 9.59 Å². The zero-order chi connectivity index (χ0) is 28.5. The Morgan fingerprint density at radius 2 is 0.615 bits per heavy atom. The molecular weight excluding hydrogens is 484 g/mol. The molecule has 0 radical (unpaired) electrons. The first-order valence-electron chi connectivity index (χ1n) is 16.5. The van der Waals surface area contributed by atoms with Crippen LogP contribution in [-0.4, -0.2) is 22.2 Å². The molecule has 0 fully saturated rings. The van der Waals surface area contributed by atoms with Crippen molar-refractivity contribution in [3.8, 4) is 0 Å². The molecule has 226 valence electrons. The molecule has 4 heteroatoms. The van der Waals surface area contributed by atoms with Crippen LogP contribution in [0.4, 0.5) is 0 Å². The summed E-state index contributed by atoms with van der Waals surface area (Å²) < 4.78 is 0. The standard InChI is InChI=1S/C35H62O4/c36-34(37)32-30-28-26-24-22-20-18-16-14-12-10-8-6-4-2-1-3-5-7-9-11-13-15-17-19-21-23-25-27-29-31-33-35(38)39/h14,16,28,30-31,33H,1-13,15,17-27,29,32H2,(H,36,37)(H,38,39). The van der Waals surface area contributed by atoms with Crippen LogP contribution in [0, 0.1) is 0 Å². The molecule has 0 saturated carbocycles. The van der Waals surface area contributed by atoms with E-state index in [1.165, 1.54) is 147 Å². The number of allylic oxidation sites excluding steroid dienone is 4. The van der Waals surface area contributed by atoms with Gasteiger partial charge in [-0.3, -0.25) is 4.79 Å². The van der Waals surface area contributed by atoms with Gasteiger partial charge < -0.3 is 10.2 Å². The van der Waals surface area contributed by atoms with Gasteiger partial charge in [-0.2, -0.15) is 0 Å². The van der Waals surface area contributed by atoms with Crippen LogP contribution < -0.4 is 0 Å². The first-order chi connectivity index (χ1) is 19.1. The largest absolute Gasteiger partial charge is 0.481 e. The molecule has 0 saturated heterocycles. The third-order valence-electron chi connectivity index (χ3n) is 7.37. The molecule has 0 aliphatic rings. The van der Waals surface area contributed by atoms with Crippen LogP contribution in [0.5, 0.6) is 0 Å². The molecule has 0 spiro atoms. The number of unbranched alkanes of at least 4 members (excludes halogenated alkanes) is 24. The van der Waals surface area contributed by atoms with Crippen LogP contribution >= 0.6 is 0 Å². The van der Waals surface area contributed by atoms with Crippen LogP contribution in [0.2, 0.25) is 0 Å². The molecule has 0 aliphatic carbocycles. The number of hydrogen-bond donors (Lipinski definition) is 2. The number of rotatable bonds is 31. The summed E-state index contributed by atoms with van der Waals surface area (Å²) in [4.78, 5) is 20.8. The number of aliphatic carboxylic acids is 2. The molecule has 0 aromatic heterocycles. The lowest BCUT2D eigenvalue weighted by Crippen LogP contribution is -1.89. The van der Waals surface area contributed by atoms with Crippen molar-refractivity contribution < 1.29 is 19.8 Å². The quantitative estimate of drug-likeness (QED) is 0.0515. The summed E-state index contributed by atoms with van der Waals surface area (Å²) in [6.45, 7) is 0. The van der Waals surface area contributed by atoms with Gasteiger partial charge >= 0.3 is 11.9 Å². The Hall–Kier alpha value is -1.84. The fraction of sp³-hybridized carbons (Fsp3) is 0.771. The Kier molecular flexibility index (Phi) is 30.8. The van der Waals surface area contributed by atoms with Gasteiger partial charge in [-0.1, -0.05) is 146 Å². The van der Waals surface area contributed by atoms with Gasteiger partial charge in [0.15, 0.2) is 0 Å². The van der Waals surface area contributed by atoms with E-state index in [9.17, 15) is 9.59 Å². The predicted octanol–water partition coefficient (Wildman–Crippen LogP) is 11.4. The number of carboxylic acid groups (broad SMARTS) is 2. The fourth-order valence-electron chi connectivity index (χ4n) is 4.95. The second kappa shape index (κ2) is 32.4. The van der Waals surface area contributed by atoms with E-state index in [4.69, 9.17) is 10.2 Å². The highest BCUT2D eigenvalue weighted by atomic mass is 16.4. The lowest BCUT2D eigenvalue weighted by atomic mass is 10.0. The summed E-state index contributed by atoms with van der Waals surface area (Å²) in [6.07, 6.45) is 45.5. The lowest BCUT2D eigenvalue weighted by molar-refractivity contribution is -0.136. The van der Waals surface area contributed by atoms with E-state index >= 15 is 0 Å². The average molecular weight is 547 g/mol. The van der Waals surface area contributed by atoms with Crippen LogP contribution in [0.25, 0.3) is 0 Å². The van der Waals surface area contributed by atoms with E-state index in [-0.39, 0.29) is 6.42 Å². The maximum absolute atomic E-state index is 10.4. The second-order valence-corrected chi connectivity index (χ2v) is 11.2. The van der Waals surface area contributed by atoms with Gasteiger partial charge in [0.2, 0.25) is 0 Å². The Bertz CT molecular complexity index is 620. The van der Waals surface area contributed by atoms with E-state index < -0.39 is 11.9 Å². The molecule has 0 unspecified atom stereocenters. The van der Waals surface area contributed by atoms with Crippen molar-refractivity contribution >= 4 is 11.9 Å². The topological polar surface area (TPSA) is 74.6 Å². The van der Waals surface area contributed by atoms with Crippen molar-refractivity contribution in [3.63, 3.8) is 0 Å². The minimum absolute atomic E-state index is 0.146. The van der Waals surface area contributed by atoms with E-state index in [0.29, 0.717) is 0 Å². The Morgan fingerprint density at radius 1 is 0.359 bits per heavy atom. The number of hydrogen-bond acceptors (Lipinski definition) is 2. The molecule has 4 nitrogen and oxygen atoms in total. The normalized spacial score (nSPS) is 11.9. The smallest absolute Gasteiger partial charge is 0.327 e. The van der Waals surface area contributed by atoms with Crippen molar-refractivity contribution in [2.75, 3.05) is 0 Å². The fourth-order valence-corrected chi connectivity index (χ4v) is 4.95. The Balaban J connectivity index is 3.13. The monoisotopic (exact) mass is 546 g/mol.